The van der Waals surface area contributed by atoms with E-state index in [0.29, 0.717) is 0 Å². The maximum atomic E-state index is 13.0. The molecule has 23 heavy (non-hydrogen) atoms. The van der Waals surface area contributed by atoms with Gasteiger partial charge in [0.05, 0.1) is 26.3 Å². The van der Waals surface area contributed by atoms with Crippen molar-refractivity contribution in [3.63, 3.8) is 0 Å². The van der Waals surface area contributed by atoms with Crippen LogP contribution in [0, 0.1) is 17.8 Å². The molecule has 2 aliphatic rings. The zero-order valence-electron chi connectivity index (χ0n) is 14.1. The third-order valence-corrected chi connectivity index (χ3v) is 5.82. The fraction of sp³-hybridized carbons (Fsp3) is 0.474. The van der Waals surface area contributed by atoms with Gasteiger partial charge in [0.1, 0.15) is 0 Å². The highest BCUT2D eigenvalue weighted by molar-refractivity contribution is 7.90. The van der Waals surface area contributed by atoms with Crippen molar-refractivity contribution in [1.82, 2.24) is 4.90 Å². The summed E-state index contributed by atoms with van der Waals surface area (Å²) in [7, 11) is 2.96. The minimum atomic E-state index is -1.15. The predicted octanol–water partition coefficient (Wildman–Crippen LogP) is 3.32. The SMILES string of the molecule is CC#CC1=C(CC2CC2)c2cccc(NCCN(C)C)c2S1=O. The first-order chi connectivity index (χ1) is 11.1. The van der Waals surface area contributed by atoms with Crippen LogP contribution in [0.3, 0.4) is 0 Å². The summed E-state index contributed by atoms with van der Waals surface area (Å²) >= 11 is 0. The normalized spacial score (nSPS) is 19.6. The molecule has 0 spiro atoms. The fourth-order valence-corrected chi connectivity index (χ4v) is 4.46. The van der Waals surface area contributed by atoms with Gasteiger partial charge < -0.3 is 10.2 Å². The fourth-order valence-electron chi connectivity index (χ4n) is 2.91. The minimum Gasteiger partial charge on any atom is -0.383 e. The van der Waals surface area contributed by atoms with E-state index in [2.05, 4.69) is 48.3 Å². The summed E-state index contributed by atoms with van der Waals surface area (Å²) in [6.07, 6.45) is 3.60. The van der Waals surface area contributed by atoms with E-state index in [9.17, 15) is 4.21 Å². The van der Waals surface area contributed by atoms with E-state index >= 15 is 0 Å². The predicted molar refractivity (Wildman–Crippen MR) is 97.6 cm³/mol. The summed E-state index contributed by atoms with van der Waals surface area (Å²) in [5, 5.41) is 3.45. The van der Waals surface area contributed by atoms with Gasteiger partial charge in [0.2, 0.25) is 0 Å². The molecule has 1 aliphatic heterocycles. The van der Waals surface area contributed by atoms with Crippen LogP contribution in [0.25, 0.3) is 5.57 Å². The monoisotopic (exact) mass is 328 g/mol. The molecule has 4 heteroatoms. The van der Waals surface area contributed by atoms with E-state index in [0.717, 1.165) is 46.5 Å². The summed E-state index contributed by atoms with van der Waals surface area (Å²) in [4.78, 5) is 3.90. The van der Waals surface area contributed by atoms with Crippen molar-refractivity contribution < 1.29 is 4.21 Å². The van der Waals surface area contributed by atoms with Crippen LogP contribution in [-0.4, -0.2) is 36.3 Å². The van der Waals surface area contributed by atoms with E-state index in [-0.39, 0.29) is 0 Å². The lowest BCUT2D eigenvalue weighted by molar-refractivity contribution is 0.425. The van der Waals surface area contributed by atoms with Crippen LogP contribution < -0.4 is 5.32 Å². The zero-order chi connectivity index (χ0) is 16.4. The van der Waals surface area contributed by atoms with Crippen LogP contribution in [0.5, 0.6) is 0 Å². The number of likely N-dealkylation sites (N-methyl/N-ethyl adjacent to an activating group) is 1. The molecule has 3 nitrogen and oxygen atoms in total. The summed E-state index contributed by atoms with van der Waals surface area (Å²) < 4.78 is 13.0. The Hall–Kier alpha value is -1.57. The van der Waals surface area contributed by atoms with E-state index < -0.39 is 10.8 Å². The Bertz CT molecular complexity index is 721. The van der Waals surface area contributed by atoms with Gasteiger partial charge in [0.15, 0.2) is 0 Å². The molecule has 1 unspecified atom stereocenters. The van der Waals surface area contributed by atoms with E-state index in [1.54, 1.807) is 0 Å². The maximum Gasteiger partial charge on any atom is 0.0974 e. The lowest BCUT2D eigenvalue weighted by Crippen LogP contribution is -2.21. The Morgan fingerprint density at radius 3 is 2.78 bits per heavy atom. The Labute approximate surface area is 141 Å². The van der Waals surface area contributed by atoms with Crippen LogP contribution >= 0.6 is 0 Å². The quantitative estimate of drug-likeness (QED) is 0.813. The maximum absolute atomic E-state index is 13.0. The van der Waals surface area contributed by atoms with Gasteiger partial charge in [-0.1, -0.05) is 18.1 Å². The highest BCUT2D eigenvalue weighted by atomic mass is 32.2. The van der Waals surface area contributed by atoms with E-state index in [1.807, 2.05) is 13.0 Å². The van der Waals surface area contributed by atoms with Crippen LogP contribution in [0.1, 0.15) is 31.7 Å². The highest BCUT2D eigenvalue weighted by Gasteiger charge is 2.33. The van der Waals surface area contributed by atoms with Crippen molar-refractivity contribution >= 4 is 22.1 Å². The molecule has 0 amide bonds. The molecule has 1 heterocycles. The second-order valence-corrected chi connectivity index (χ2v) is 7.87. The second-order valence-electron chi connectivity index (χ2n) is 6.51. The molecule has 0 radical (unpaired) electrons. The van der Waals surface area contributed by atoms with Gasteiger partial charge >= 0.3 is 0 Å². The largest absolute Gasteiger partial charge is 0.383 e. The lowest BCUT2D eigenvalue weighted by atomic mass is 9.99. The number of benzene rings is 1. The molecule has 0 bridgehead atoms. The Balaban J connectivity index is 1.92. The van der Waals surface area contributed by atoms with Gasteiger partial charge in [-0.15, -0.1) is 5.92 Å². The summed E-state index contributed by atoms with van der Waals surface area (Å²) in [6.45, 7) is 3.60. The van der Waals surface area contributed by atoms with Crippen molar-refractivity contribution in [3.8, 4) is 11.8 Å². The number of fused-ring (bicyclic) bond motifs is 1. The second kappa shape index (κ2) is 6.90. The van der Waals surface area contributed by atoms with Crippen molar-refractivity contribution in [1.29, 1.82) is 0 Å². The van der Waals surface area contributed by atoms with Gasteiger partial charge in [-0.3, -0.25) is 0 Å². The average molecular weight is 328 g/mol. The van der Waals surface area contributed by atoms with Gasteiger partial charge in [0.25, 0.3) is 0 Å². The molecule has 1 N–H and O–H groups in total. The zero-order valence-corrected chi connectivity index (χ0v) is 14.9. The van der Waals surface area contributed by atoms with Crippen molar-refractivity contribution in [2.24, 2.45) is 5.92 Å². The Kier molecular flexibility index (Phi) is 4.89. The minimum absolute atomic E-state index is 0.756. The smallest absolute Gasteiger partial charge is 0.0974 e. The van der Waals surface area contributed by atoms with Crippen molar-refractivity contribution in [3.05, 3.63) is 28.7 Å². The molecular formula is C19H24N2OS. The number of anilines is 1. The number of nitrogens with one attached hydrogen (secondary N) is 1. The first-order valence-electron chi connectivity index (χ1n) is 8.21. The molecule has 1 atom stereocenters. The first-order valence-corrected chi connectivity index (χ1v) is 9.36. The molecule has 1 aliphatic carbocycles. The summed E-state index contributed by atoms with van der Waals surface area (Å²) in [5.74, 6) is 6.82. The van der Waals surface area contributed by atoms with Crippen LogP contribution in [0.15, 0.2) is 28.0 Å². The average Bonchev–Trinajstić information content (AvgIpc) is 3.29. The topological polar surface area (TPSA) is 32.3 Å². The van der Waals surface area contributed by atoms with Gasteiger partial charge in [-0.2, -0.15) is 0 Å². The standard InChI is InChI=1S/C19H24N2OS/c1-4-6-18-16(13-14-9-10-14)15-7-5-8-17(19(15)23(18)22)20-11-12-21(2)3/h5,7-8,14,20H,9-13H2,1-3H3. The van der Waals surface area contributed by atoms with E-state index in [1.165, 1.54) is 18.4 Å². The van der Waals surface area contributed by atoms with Crippen molar-refractivity contribution in [2.45, 2.75) is 31.1 Å². The molecule has 1 fully saturated rings. The molecule has 1 saturated carbocycles. The third kappa shape index (κ3) is 3.52. The van der Waals surface area contributed by atoms with Crippen molar-refractivity contribution in [2.75, 3.05) is 32.5 Å². The summed E-state index contributed by atoms with van der Waals surface area (Å²) in [5.41, 5.74) is 3.35. The molecular weight excluding hydrogens is 304 g/mol. The number of hydrogen-bond donors (Lipinski definition) is 1. The van der Waals surface area contributed by atoms with Crippen LogP contribution in [0.4, 0.5) is 5.69 Å². The van der Waals surface area contributed by atoms with Gasteiger partial charge in [-0.25, -0.2) is 4.21 Å². The molecule has 3 rings (SSSR count). The third-order valence-electron chi connectivity index (χ3n) is 4.29. The number of hydrogen-bond acceptors (Lipinski definition) is 3. The summed E-state index contributed by atoms with van der Waals surface area (Å²) in [6, 6.07) is 6.19. The molecule has 0 aromatic heterocycles. The van der Waals surface area contributed by atoms with Gasteiger partial charge in [0, 0.05) is 13.1 Å². The molecule has 0 saturated heterocycles. The van der Waals surface area contributed by atoms with E-state index in [4.69, 9.17) is 0 Å². The Morgan fingerprint density at radius 2 is 2.13 bits per heavy atom. The number of rotatable bonds is 6. The lowest BCUT2D eigenvalue weighted by Gasteiger charge is -2.14. The first kappa shape index (κ1) is 16.3. The highest BCUT2D eigenvalue weighted by Crippen LogP contribution is 2.47. The number of allylic oxidation sites excluding steroid dienone is 2. The Morgan fingerprint density at radius 1 is 1.35 bits per heavy atom. The number of nitrogens with zero attached hydrogens (tertiary/aromatic N) is 1. The molecule has 1 aromatic rings. The molecule has 1 aromatic carbocycles. The molecule has 122 valence electrons. The van der Waals surface area contributed by atoms with Crippen LogP contribution in [-0.2, 0) is 10.8 Å². The van der Waals surface area contributed by atoms with Gasteiger partial charge in [-0.05, 0) is 63.4 Å². The van der Waals surface area contributed by atoms with Crippen LogP contribution in [0.2, 0.25) is 0 Å².